The monoisotopic (exact) mass is 232 g/mol. The first-order chi connectivity index (χ1) is 7.81. The Morgan fingerprint density at radius 3 is 2.56 bits per heavy atom. The molecule has 16 heavy (non-hydrogen) atoms. The van der Waals surface area contributed by atoms with E-state index >= 15 is 0 Å². The maximum Gasteiger partial charge on any atom is 0.132 e. The number of nitrogens with zero attached hydrogens (tertiary/aromatic N) is 2. The van der Waals surface area contributed by atoms with Gasteiger partial charge in [-0.05, 0) is 18.1 Å². The number of hydrogen-bond donors (Lipinski definition) is 0. The Kier molecular flexibility index (Phi) is 3.52. The van der Waals surface area contributed by atoms with E-state index in [0.29, 0.717) is 11.1 Å². The fraction of sp³-hybridized carbons (Fsp3) is 0.231. The summed E-state index contributed by atoms with van der Waals surface area (Å²) in [6.07, 6.45) is 2.51. The van der Waals surface area contributed by atoms with Crippen LogP contribution in [-0.2, 0) is 0 Å². The van der Waals surface area contributed by atoms with Gasteiger partial charge in [0.15, 0.2) is 0 Å². The minimum atomic E-state index is 0.293. The van der Waals surface area contributed by atoms with Gasteiger partial charge in [0, 0.05) is 5.92 Å². The smallest absolute Gasteiger partial charge is 0.132 e. The van der Waals surface area contributed by atoms with Crippen molar-refractivity contribution >= 4 is 11.6 Å². The Morgan fingerprint density at radius 2 is 1.94 bits per heavy atom. The van der Waals surface area contributed by atoms with E-state index in [-0.39, 0.29) is 0 Å². The minimum absolute atomic E-state index is 0.293. The highest BCUT2D eigenvalue weighted by atomic mass is 35.5. The molecular formula is C13H13ClN2. The lowest BCUT2D eigenvalue weighted by Crippen LogP contribution is -2.02. The van der Waals surface area contributed by atoms with Gasteiger partial charge in [-0.1, -0.05) is 48.9 Å². The number of hydrogen-bond acceptors (Lipinski definition) is 2. The molecule has 0 bridgehead atoms. The summed E-state index contributed by atoms with van der Waals surface area (Å²) in [7, 11) is 0. The van der Waals surface area contributed by atoms with Crippen molar-refractivity contribution in [2.45, 2.75) is 19.3 Å². The van der Waals surface area contributed by atoms with Gasteiger partial charge in [-0.2, -0.15) is 0 Å². The lowest BCUT2D eigenvalue weighted by Gasteiger charge is -2.14. The second-order valence-corrected chi connectivity index (χ2v) is 4.02. The van der Waals surface area contributed by atoms with Gasteiger partial charge in [-0.25, -0.2) is 9.97 Å². The van der Waals surface area contributed by atoms with E-state index in [0.717, 1.165) is 12.1 Å². The van der Waals surface area contributed by atoms with E-state index in [1.165, 1.54) is 11.9 Å². The Hall–Kier alpha value is -1.41. The minimum Gasteiger partial charge on any atom is -0.241 e. The lowest BCUT2D eigenvalue weighted by atomic mass is 9.93. The van der Waals surface area contributed by atoms with E-state index in [9.17, 15) is 0 Å². The standard InChI is InChI=1S/C13H13ClN2/c1-2-11(10-6-4-3-5-7-10)12-8-13(14)16-9-15-12/h3-9,11H,2H2,1H3/t11-/m0/s1. The van der Waals surface area contributed by atoms with Crippen molar-refractivity contribution in [2.75, 3.05) is 0 Å². The molecule has 0 fully saturated rings. The molecule has 0 unspecified atom stereocenters. The molecule has 0 saturated heterocycles. The van der Waals surface area contributed by atoms with Crippen LogP contribution >= 0.6 is 11.6 Å². The largest absolute Gasteiger partial charge is 0.241 e. The van der Waals surface area contributed by atoms with Crippen LogP contribution in [0.5, 0.6) is 0 Å². The Labute approximate surface area is 100 Å². The van der Waals surface area contributed by atoms with Gasteiger partial charge in [-0.3, -0.25) is 0 Å². The van der Waals surface area contributed by atoms with Crippen molar-refractivity contribution in [3.63, 3.8) is 0 Å². The highest BCUT2D eigenvalue weighted by molar-refractivity contribution is 6.29. The highest BCUT2D eigenvalue weighted by Gasteiger charge is 2.13. The molecule has 2 rings (SSSR count). The Balaban J connectivity index is 2.37. The second-order valence-electron chi connectivity index (χ2n) is 3.64. The maximum atomic E-state index is 5.88. The van der Waals surface area contributed by atoms with E-state index in [4.69, 9.17) is 11.6 Å². The first kappa shape index (κ1) is 11.1. The molecule has 0 aliphatic rings. The van der Waals surface area contributed by atoms with Gasteiger partial charge in [-0.15, -0.1) is 0 Å². The second kappa shape index (κ2) is 5.08. The quantitative estimate of drug-likeness (QED) is 0.755. The van der Waals surface area contributed by atoms with Crippen LogP contribution in [0.2, 0.25) is 5.15 Å². The molecule has 0 spiro atoms. The predicted molar refractivity (Wildman–Crippen MR) is 65.6 cm³/mol. The number of halogens is 1. The van der Waals surface area contributed by atoms with Crippen molar-refractivity contribution in [1.29, 1.82) is 0 Å². The molecule has 0 N–H and O–H groups in total. The summed E-state index contributed by atoms with van der Waals surface area (Å²) in [4.78, 5) is 8.20. The number of rotatable bonds is 3. The average molecular weight is 233 g/mol. The van der Waals surface area contributed by atoms with Gasteiger partial charge < -0.3 is 0 Å². The predicted octanol–water partition coefficient (Wildman–Crippen LogP) is 3.67. The molecule has 3 heteroatoms. The third kappa shape index (κ3) is 2.39. The Bertz CT molecular complexity index is 456. The topological polar surface area (TPSA) is 25.8 Å². The zero-order valence-electron chi connectivity index (χ0n) is 9.10. The molecule has 0 radical (unpaired) electrons. The van der Waals surface area contributed by atoms with Crippen LogP contribution in [0.25, 0.3) is 0 Å². The molecule has 2 aromatic rings. The fourth-order valence-electron chi connectivity index (χ4n) is 1.84. The van der Waals surface area contributed by atoms with E-state index in [2.05, 4.69) is 29.0 Å². The van der Waals surface area contributed by atoms with Crippen molar-refractivity contribution in [3.05, 3.63) is 59.1 Å². The zero-order valence-corrected chi connectivity index (χ0v) is 9.85. The molecule has 1 heterocycles. The van der Waals surface area contributed by atoms with E-state index in [1.807, 2.05) is 24.3 Å². The molecule has 0 amide bonds. The summed E-state index contributed by atoms with van der Waals surface area (Å²) in [5.41, 5.74) is 2.24. The van der Waals surface area contributed by atoms with Crippen LogP contribution in [0.1, 0.15) is 30.5 Å². The summed E-state index contributed by atoms with van der Waals surface area (Å²) in [5.74, 6) is 0.293. The molecular weight excluding hydrogens is 220 g/mol. The molecule has 1 atom stereocenters. The van der Waals surface area contributed by atoms with Crippen LogP contribution in [0.15, 0.2) is 42.7 Å². The van der Waals surface area contributed by atoms with Crippen molar-refractivity contribution in [1.82, 2.24) is 9.97 Å². The van der Waals surface area contributed by atoms with Gasteiger partial charge in [0.1, 0.15) is 11.5 Å². The molecule has 82 valence electrons. The Morgan fingerprint density at radius 1 is 1.19 bits per heavy atom. The summed E-state index contributed by atoms with van der Waals surface area (Å²) in [6, 6.07) is 12.2. The summed E-state index contributed by atoms with van der Waals surface area (Å²) in [5, 5.41) is 0.499. The molecule has 1 aromatic heterocycles. The molecule has 0 aliphatic heterocycles. The summed E-state index contributed by atoms with van der Waals surface area (Å²) in [6.45, 7) is 2.15. The third-order valence-corrected chi connectivity index (χ3v) is 2.83. The van der Waals surface area contributed by atoms with Crippen LogP contribution in [0.4, 0.5) is 0 Å². The van der Waals surface area contributed by atoms with Crippen LogP contribution < -0.4 is 0 Å². The van der Waals surface area contributed by atoms with Gasteiger partial charge >= 0.3 is 0 Å². The summed E-state index contributed by atoms with van der Waals surface area (Å²) < 4.78 is 0. The normalized spacial score (nSPS) is 12.4. The number of benzene rings is 1. The van der Waals surface area contributed by atoms with Gasteiger partial charge in [0.25, 0.3) is 0 Å². The first-order valence-corrected chi connectivity index (χ1v) is 5.71. The van der Waals surface area contributed by atoms with Crippen molar-refractivity contribution < 1.29 is 0 Å². The third-order valence-electron chi connectivity index (χ3n) is 2.62. The SMILES string of the molecule is CC[C@@H](c1ccccc1)c1cc(Cl)ncn1. The van der Waals surface area contributed by atoms with Crippen LogP contribution in [-0.4, -0.2) is 9.97 Å². The average Bonchev–Trinajstić information content (AvgIpc) is 2.31. The molecule has 0 aliphatic carbocycles. The zero-order chi connectivity index (χ0) is 11.4. The molecule has 1 aromatic carbocycles. The fourth-order valence-corrected chi connectivity index (χ4v) is 1.99. The summed E-state index contributed by atoms with van der Waals surface area (Å²) >= 11 is 5.88. The lowest BCUT2D eigenvalue weighted by molar-refractivity contribution is 0.745. The highest BCUT2D eigenvalue weighted by Crippen LogP contribution is 2.26. The molecule has 2 nitrogen and oxygen atoms in total. The van der Waals surface area contributed by atoms with Crippen molar-refractivity contribution in [3.8, 4) is 0 Å². The van der Waals surface area contributed by atoms with Gasteiger partial charge in [0.05, 0.1) is 5.69 Å². The van der Waals surface area contributed by atoms with Crippen LogP contribution in [0.3, 0.4) is 0 Å². The van der Waals surface area contributed by atoms with Crippen LogP contribution in [0, 0.1) is 0 Å². The van der Waals surface area contributed by atoms with Crippen molar-refractivity contribution in [2.24, 2.45) is 0 Å². The van der Waals surface area contributed by atoms with Gasteiger partial charge in [0.2, 0.25) is 0 Å². The first-order valence-electron chi connectivity index (χ1n) is 5.33. The maximum absolute atomic E-state index is 5.88. The number of aromatic nitrogens is 2. The van der Waals surface area contributed by atoms with E-state index < -0.39 is 0 Å². The van der Waals surface area contributed by atoms with E-state index in [1.54, 1.807) is 0 Å². The molecule has 0 saturated carbocycles.